The van der Waals surface area contributed by atoms with Crippen LogP contribution < -0.4 is 4.90 Å². The number of hydrogen-bond donors (Lipinski definition) is 1. The maximum atomic E-state index is 11.6. The molecular formula is C14H17NO3. The smallest absolute Gasteiger partial charge is 0.304 e. The summed E-state index contributed by atoms with van der Waals surface area (Å²) in [5, 5.41) is 8.93. The third-order valence-electron chi connectivity index (χ3n) is 3.53. The molecule has 18 heavy (non-hydrogen) atoms. The van der Waals surface area contributed by atoms with E-state index in [-0.39, 0.29) is 12.3 Å². The Morgan fingerprint density at radius 2 is 2.11 bits per heavy atom. The Balaban J connectivity index is 2.36. The van der Waals surface area contributed by atoms with E-state index in [1.54, 1.807) is 11.9 Å². The molecule has 96 valence electrons. The van der Waals surface area contributed by atoms with Gasteiger partial charge in [-0.05, 0) is 17.2 Å². The summed E-state index contributed by atoms with van der Waals surface area (Å²) in [6.07, 6.45) is 0.485. The van der Waals surface area contributed by atoms with Gasteiger partial charge in [0.25, 0.3) is 0 Å². The lowest BCUT2D eigenvalue weighted by Crippen LogP contribution is -2.22. The van der Waals surface area contributed by atoms with Crippen molar-refractivity contribution in [1.82, 2.24) is 0 Å². The van der Waals surface area contributed by atoms with Crippen molar-refractivity contribution in [2.24, 2.45) is 0 Å². The van der Waals surface area contributed by atoms with E-state index in [2.05, 4.69) is 0 Å². The zero-order valence-electron chi connectivity index (χ0n) is 10.9. The lowest BCUT2D eigenvalue weighted by Gasteiger charge is -2.24. The lowest BCUT2D eigenvalue weighted by molar-refractivity contribution is -0.138. The molecule has 2 rings (SSSR count). The van der Waals surface area contributed by atoms with Crippen molar-refractivity contribution in [3.05, 3.63) is 29.3 Å². The van der Waals surface area contributed by atoms with Gasteiger partial charge in [-0.2, -0.15) is 0 Å². The summed E-state index contributed by atoms with van der Waals surface area (Å²) in [6.45, 7) is 3.81. The van der Waals surface area contributed by atoms with Crippen LogP contribution in [0, 0.1) is 0 Å². The Hall–Kier alpha value is -1.84. The van der Waals surface area contributed by atoms with E-state index in [4.69, 9.17) is 5.11 Å². The fourth-order valence-electron chi connectivity index (χ4n) is 2.37. The van der Waals surface area contributed by atoms with Crippen LogP contribution in [0.5, 0.6) is 0 Å². The average Bonchev–Trinajstić information content (AvgIpc) is 2.52. The molecule has 4 heteroatoms. The van der Waals surface area contributed by atoms with E-state index in [1.165, 1.54) is 0 Å². The molecule has 0 aliphatic carbocycles. The number of fused-ring (bicyclic) bond motifs is 1. The van der Waals surface area contributed by atoms with Crippen LogP contribution in [-0.4, -0.2) is 24.0 Å². The summed E-state index contributed by atoms with van der Waals surface area (Å²) in [7, 11) is 1.76. The highest BCUT2D eigenvalue weighted by Gasteiger charge is 2.28. The van der Waals surface area contributed by atoms with Gasteiger partial charge in [0, 0.05) is 18.2 Å². The third-order valence-corrected chi connectivity index (χ3v) is 3.53. The normalized spacial score (nSPS) is 14.8. The largest absolute Gasteiger partial charge is 0.481 e. The van der Waals surface area contributed by atoms with Crippen LogP contribution in [0.25, 0.3) is 0 Å². The summed E-state index contributed by atoms with van der Waals surface area (Å²) in [5.41, 5.74) is 2.45. The molecule has 1 aromatic rings. The van der Waals surface area contributed by atoms with Crippen LogP contribution in [-0.2, 0) is 21.4 Å². The molecule has 0 saturated heterocycles. The Bertz CT molecular complexity index is 520. The molecule has 0 unspecified atom stereocenters. The minimum Gasteiger partial charge on any atom is -0.481 e. The molecule has 0 spiro atoms. The van der Waals surface area contributed by atoms with Gasteiger partial charge in [-0.15, -0.1) is 0 Å². The molecule has 0 bridgehead atoms. The van der Waals surface area contributed by atoms with Gasteiger partial charge in [-0.1, -0.05) is 26.0 Å². The monoisotopic (exact) mass is 247 g/mol. The fourth-order valence-corrected chi connectivity index (χ4v) is 2.37. The first-order chi connectivity index (χ1) is 8.31. The molecule has 1 aliphatic heterocycles. The van der Waals surface area contributed by atoms with Gasteiger partial charge in [0.2, 0.25) is 5.91 Å². The summed E-state index contributed by atoms with van der Waals surface area (Å²) in [6, 6.07) is 5.77. The minimum absolute atomic E-state index is 0.0789. The van der Waals surface area contributed by atoms with E-state index < -0.39 is 11.4 Å². The molecule has 1 heterocycles. The Morgan fingerprint density at radius 3 is 2.72 bits per heavy atom. The zero-order valence-corrected chi connectivity index (χ0v) is 10.9. The number of nitrogens with zero attached hydrogens (tertiary/aromatic N) is 1. The number of anilines is 1. The topological polar surface area (TPSA) is 57.6 Å². The van der Waals surface area contributed by atoms with E-state index in [1.807, 2.05) is 32.0 Å². The Labute approximate surface area is 106 Å². The van der Waals surface area contributed by atoms with Crippen molar-refractivity contribution >= 4 is 17.6 Å². The summed E-state index contributed by atoms with van der Waals surface area (Å²) in [4.78, 5) is 24.1. The molecule has 0 aromatic heterocycles. The molecule has 1 N–H and O–H groups in total. The number of carbonyl (C=O) groups is 2. The molecule has 4 nitrogen and oxygen atoms in total. The van der Waals surface area contributed by atoms with Crippen molar-refractivity contribution in [2.75, 3.05) is 11.9 Å². The summed E-state index contributed by atoms with van der Waals surface area (Å²) >= 11 is 0. The predicted octanol–water partition coefficient (Wildman–Crippen LogP) is 1.96. The molecule has 1 amide bonds. The average molecular weight is 247 g/mol. The van der Waals surface area contributed by atoms with E-state index in [0.29, 0.717) is 6.42 Å². The first-order valence-corrected chi connectivity index (χ1v) is 5.93. The van der Waals surface area contributed by atoms with E-state index in [0.717, 1.165) is 16.8 Å². The highest BCUT2D eigenvalue weighted by Crippen LogP contribution is 2.34. The van der Waals surface area contributed by atoms with Crippen LogP contribution in [0.3, 0.4) is 0 Å². The first kappa shape index (κ1) is 12.6. The van der Waals surface area contributed by atoms with Gasteiger partial charge < -0.3 is 10.0 Å². The van der Waals surface area contributed by atoms with Crippen molar-refractivity contribution in [3.8, 4) is 0 Å². The Kier molecular flexibility index (Phi) is 2.89. The second-order valence-electron chi connectivity index (χ2n) is 5.43. The van der Waals surface area contributed by atoms with Crippen molar-refractivity contribution < 1.29 is 14.7 Å². The van der Waals surface area contributed by atoms with Crippen LogP contribution in [0.1, 0.15) is 31.4 Å². The molecular weight excluding hydrogens is 230 g/mol. The van der Waals surface area contributed by atoms with Gasteiger partial charge in [0.1, 0.15) is 0 Å². The zero-order chi connectivity index (χ0) is 13.5. The number of aliphatic carboxylic acids is 1. The number of carboxylic acid groups (broad SMARTS) is 1. The van der Waals surface area contributed by atoms with Crippen LogP contribution in [0.2, 0.25) is 0 Å². The van der Waals surface area contributed by atoms with E-state index in [9.17, 15) is 9.59 Å². The second kappa shape index (κ2) is 4.12. The molecule has 1 aromatic carbocycles. The van der Waals surface area contributed by atoms with Crippen molar-refractivity contribution in [3.63, 3.8) is 0 Å². The number of benzene rings is 1. The van der Waals surface area contributed by atoms with Crippen molar-refractivity contribution in [1.29, 1.82) is 0 Å². The highest BCUT2D eigenvalue weighted by molar-refractivity contribution is 6.00. The Morgan fingerprint density at radius 1 is 1.44 bits per heavy atom. The quantitative estimate of drug-likeness (QED) is 0.888. The maximum Gasteiger partial charge on any atom is 0.304 e. The van der Waals surface area contributed by atoms with Gasteiger partial charge in [0.05, 0.1) is 12.8 Å². The minimum atomic E-state index is -0.811. The number of likely N-dealkylation sites (N-methyl/N-ethyl adjacent to an activating group) is 1. The third kappa shape index (κ3) is 2.10. The number of carbonyl (C=O) groups excluding carboxylic acids is 1. The van der Waals surface area contributed by atoms with Gasteiger partial charge in [-0.25, -0.2) is 0 Å². The SMILES string of the molecule is CN1C(=O)Cc2cc(C(C)(C)CC(=O)O)ccc21. The van der Waals surface area contributed by atoms with Crippen LogP contribution >= 0.6 is 0 Å². The first-order valence-electron chi connectivity index (χ1n) is 5.93. The maximum absolute atomic E-state index is 11.6. The standard InChI is InChI=1S/C14H17NO3/c1-14(2,8-13(17)18)10-4-5-11-9(6-10)7-12(16)15(11)3/h4-6H,7-8H2,1-3H3,(H,17,18). The number of amides is 1. The van der Waals surface area contributed by atoms with Gasteiger partial charge in [-0.3, -0.25) is 9.59 Å². The molecule has 0 fully saturated rings. The highest BCUT2D eigenvalue weighted by atomic mass is 16.4. The summed E-state index contributed by atoms with van der Waals surface area (Å²) in [5.74, 6) is -0.730. The van der Waals surface area contributed by atoms with Crippen LogP contribution in [0.4, 0.5) is 5.69 Å². The number of carboxylic acids is 1. The number of rotatable bonds is 3. The molecule has 0 atom stereocenters. The molecule has 0 radical (unpaired) electrons. The van der Waals surface area contributed by atoms with E-state index >= 15 is 0 Å². The predicted molar refractivity (Wildman–Crippen MR) is 68.8 cm³/mol. The molecule has 0 saturated carbocycles. The molecule has 1 aliphatic rings. The van der Waals surface area contributed by atoms with Crippen molar-refractivity contribution in [2.45, 2.75) is 32.1 Å². The fraction of sp³-hybridized carbons (Fsp3) is 0.429. The lowest BCUT2D eigenvalue weighted by atomic mass is 9.81. The summed E-state index contributed by atoms with van der Waals surface area (Å²) < 4.78 is 0. The van der Waals surface area contributed by atoms with Gasteiger partial charge >= 0.3 is 5.97 Å². The van der Waals surface area contributed by atoms with Crippen LogP contribution in [0.15, 0.2) is 18.2 Å². The number of hydrogen-bond acceptors (Lipinski definition) is 2. The van der Waals surface area contributed by atoms with Gasteiger partial charge in [0.15, 0.2) is 0 Å². The second-order valence-corrected chi connectivity index (χ2v) is 5.43.